The lowest BCUT2D eigenvalue weighted by atomic mass is 9.95. The molecular formula is C32H37N3O4S. The summed E-state index contributed by atoms with van der Waals surface area (Å²) >= 11 is 4.34. The topological polar surface area (TPSA) is 87.7 Å². The van der Waals surface area contributed by atoms with Crippen molar-refractivity contribution < 1.29 is 19.1 Å². The number of rotatable bonds is 7. The lowest BCUT2D eigenvalue weighted by Crippen LogP contribution is -2.58. The molecule has 2 N–H and O–H groups in total. The molecule has 0 fully saturated rings. The van der Waals surface area contributed by atoms with E-state index in [0.717, 1.165) is 10.8 Å². The van der Waals surface area contributed by atoms with Gasteiger partial charge in [0.25, 0.3) is 5.91 Å². The number of fused-ring (bicyclic) bond motifs is 1. The summed E-state index contributed by atoms with van der Waals surface area (Å²) in [7, 11) is 0. The first-order chi connectivity index (χ1) is 18.7. The Morgan fingerprint density at radius 3 is 2.12 bits per heavy atom. The molecule has 0 bridgehead atoms. The first-order valence-corrected chi connectivity index (χ1v) is 13.7. The monoisotopic (exact) mass is 559 g/mol. The average Bonchev–Trinajstić information content (AvgIpc) is 2.88. The standard InChI is InChI=1S/C32H37N3O4S/c1-8-21-13-15-23(16-14-21)27(28(36)33-25-18-17-22-11-9-10-12-24(22)19-25)35(31(2,3)4)29(37)26(20-40)34-30(38)39-32(5,6)7/h1,9-19,26-27,40H,20H2,2-7H3,(H,33,36)(H,34,38). The van der Waals surface area contributed by atoms with Gasteiger partial charge in [0.05, 0.1) is 0 Å². The molecule has 3 amide bonds. The zero-order valence-corrected chi connectivity index (χ0v) is 24.7. The van der Waals surface area contributed by atoms with E-state index >= 15 is 0 Å². The lowest BCUT2D eigenvalue weighted by molar-refractivity contribution is -0.146. The van der Waals surface area contributed by atoms with Crippen molar-refractivity contribution in [3.05, 3.63) is 77.9 Å². The van der Waals surface area contributed by atoms with Gasteiger partial charge in [-0.25, -0.2) is 4.79 Å². The van der Waals surface area contributed by atoms with Crippen LogP contribution in [0.4, 0.5) is 10.5 Å². The summed E-state index contributed by atoms with van der Waals surface area (Å²) in [6.07, 6.45) is 4.81. The van der Waals surface area contributed by atoms with E-state index in [1.165, 1.54) is 4.90 Å². The quantitative estimate of drug-likeness (QED) is 0.247. The average molecular weight is 560 g/mol. The molecule has 0 spiro atoms. The van der Waals surface area contributed by atoms with E-state index < -0.39 is 41.1 Å². The summed E-state index contributed by atoms with van der Waals surface area (Å²) in [5, 5.41) is 7.62. The predicted molar refractivity (Wildman–Crippen MR) is 163 cm³/mol. The van der Waals surface area contributed by atoms with Crippen molar-refractivity contribution in [1.29, 1.82) is 0 Å². The van der Waals surface area contributed by atoms with Crippen molar-refractivity contribution in [1.82, 2.24) is 10.2 Å². The third kappa shape index (κ3) is 7.80. The zero-order valence-electron chi connectivity index (χ0n) is 23.8. The smallest absolute Gasteiger partial charge is 0.408 e. The fourth-order valence-corrected chi connectivity index (χ4v) is 4.55. The minimum Gasteiger partial charge on any atom is -0.444 e. The summed E-state index contributed by atoms with van der Waals surface area (Å²) in [6.45, 7) is 10.7. The van der Waals surface area contributed by atoms with E-state index in [4.69, 9.17) is 11.2 Å². The van der Waals surface area contributed by atoms with E-state index in [0.29, 0.717) is 16.8 Å². The normalized spacial score (nSPS) is 13.1. The number of carbonyl (C=O) groups is 3. The van der Waals surface area contributed by atoms with Gasteiger partial charge in [-0.2, -0.15) is 12.6 Å². The zero-order chi connectivity index (χ0) is 29.7. The lowest BCUT2D eigenvalue weighted by Gasteiger charge is -2.43. The first-order valence-electron chi connectivity index (χ1n) is 13.0. The molecule has 0 saturated carbocycles. The predicted octanol–water partition coefficient (Wildman–Crippen LogP) is 5.95. The van der Waals surface area contributed by atoms with Crippen LogP contribution in [0.15, 0.2) is 66.7 Å². The molecule has 2 unspecified atom stereocenters. The van der Waals surface area contributed by atoms with Crippen molar-refractivity contribution in [3.63, 3.8) is 0 Å². The maximum Gasteiger partial charge on any atom is 0.408 e. The SMILES string of the molecule is C#Cc1ccc(C(C(=O)Nc2ccc3ccccc3c2)N(C(=O)C(CS)NC(=O)OC(C)(C)C)C(C)(C)C)cc1. The molecule has 3 aromatic carbocycles. The summed E-state index contributed by atoms with van der Waals surface area (Å²) < 4.78 is 5.36. The largest absolute Gasteiger partial charge is 0.444 e. The van der Waals surface area contributed by atoms with E-state index in [1.54, 1.807) is 45.0 Å². The van der Waals surface area contributed by atoms with E-state index in [-0.39, 0.29) is 5.75 Å². The van der Waals surface area contributed by atoms with Gasteiger partial charge in [0.1, 0.15) is 17.7 Å². The van der Waals surface area contributed by atoms with E-state index in [2.05, 4.69) is 29.2 Å². The van der Waals surface area contributed by atoms with Crippen LogP contribution in [0.1, 0.15) is 58.7 Å². The Morgan fingerprint density at radius 2 is 1.57 bits per heavy atom. The van der Waals surface area contributed by atoms with Crippen LogP contribution in [0.2, 0.25) is 0 Å². The Balaban J connectivity index is 2.04. The van der Waals surface area contributed by atoms with Gasteiger partial charge in [0, 0.05) is 22.5 Å². The molecule has 7 nitrogen and oxygen atoms in total. The molecule has 2 atom stereocenters. The summed E-state index contributed by atoms with van der Waals surface area (Å²) in [6, 6.07) is 18.3. The van der Waals surface area contributed by atoms with Crippen LogP contribution in [0.25, 0.3) is 10.8 Å². The number of amides is 3. The Bertz CT molecular complexity index is 1420. The van der Waals surface area contributed by atoms with Crippen LogP contribution in [0.5, 0.6) is 0 Å². The molecule has 0 aliphatic heterocycles. The van der Waals surface area contributed by atoms with Gasteiger partial charge in [0.15, 0.2) is 0 Å². The maximum atomic E-state index is 14.1. The van der Waals surface area contributed by atoms with E-state index in [1.807, 2.05) is 63.2 Å². The number of alkyl carbamates (subject to hydrolysis) is 1. The highest BCUT2D eigenvalue weighted by atomic mass is 32.1. The van der Waals surface area contributed by atoms with Crippen molar-refractivity contribution >= 4 is 47.0 Å². The van der Waals surface area contributed by atoms with Gasteiger partial charge in [-0.05, 0) is 82.1 Å². The highest BCUT2D eigenvalue weighted by molar-refractivity contribution is 7.80. The Hall–Kier alpha value is -3.96. The van der Waals surface area contributed by atoms with Crippen molar-refractivity contribution in [2.75, 3.05) is 11.1 Å². The molecule has 0 heterocycles. The Kier molecular flexibility index (Phi) is 9.54. The number of hydrogen-bond donors (Lipinski definition) is 3. The molecule has 0 aliphatic rings. The summed E-state index contributed by atoms with van der Waals surface area (Å²) in [4.78, 5) is 42.2. The molecule has 3 rings (SSSR count). The van der Waals surface area contributed by atoms with Crippen LogP contribution < -0.4 is 10.6 Å². The number of thiol groups is 1. The van der Waals surface area contributed by atoms with Gasteiger partial charge in [-0.1, -0.05) is 48.4 Å². The Morgan fingerprint density at radius 1 is 0.950 bits per heavy atom. The molecule has 0 radical (unpaired) electrons. The second kappa shape index (κ2) is 12.5. The van der Waals surface area contributed by atoms with Crippen LogP contribution in [-0.2, 0) is 14.3 Å². The fourth-order valence-electron chi connectivity index (χ4n) is 4.31. The fraction of sp³-hybridized carbons (Fsp3) is 0.344. The minimum absolute atomic E-state index is 0.000296. The number of nitrogens with zero attached hydrogens (tertiary/aromatic N) is 1. The van der Waals surface area contributed by atoms with E-state index in [9.17, 15) is 14.4 Å². The van der Waals surface area contributed by atoms with Crippen molar-refractivity contribution in [2.45, 2.75) is 64.8 Å². The maximum absolute atomic E-state index is 14.1. The van der Waals surface area contributed by atoms with Crippen molar-refractivity contribution in [2.24, 2.45) is 0 Å². The molecule has 210 valence electrons. The number of anilines is 1. The van der Waals surface area contributed by atoms with Crippen LogP contribution in [0, 0.1) is 12.3 Å². The highest BCUT2D eigenvalue weighted by Crippen LogP contribution is 2.32. The van der Waals surface area contributed by atoms with Crippen molar-refractivity contribution in [3.8, 4) is 12.3 Å². The van der Waals surface area contributed by atoms with Crippen LogP contribution in [0.3, 0.4) is 0 Å². The number of nitrogens with one attached hydrogen (secondary N) is 2. The number of terminal acetylenes is 1. The molecular weight excluding hydrogens is 522 g/mol. The molecule has 0 aliphatic carbocycles. The van der Waals surface area contributed by atoms with Gasteiger partial charge in [-0.15, -0.1) is 6.42 Å². The number of carbonyl (C=O) groups excluding carboxylic acids is 3. The number of hydrogen-bond acceptors (Lipinski definition) is 5. The second-order valence-electron chi connectivity index (χ2n) is 11.5. The number of benzene rings is 3. The van der Waals surface area contributed by atoms with Crippen LogP contribution in [-0.4, -0.2) is 45.7 Å². The molecule has 40 heavy (non-hydrogen) atoms. The third-order valence-electron chi connectivity index (χ3n) is 6.05. The third-order valence-corrected chi connectivity index (χ3v) is 6.41. The summed E-state index contributed by atoms with van der Waals surface area (Å²) in [5.41, 5.74) is 0.220. The van der Waals surface area contributed by atoms with Gasteiger partial charge in [-0.3, -0.25) is 9.59 Å². The number of ether oxygens (including phenoxy) is 1. The molecule has 8 heteroatoms. The van der Waals surface area contributed by atoms with Gasteiger partial charge >= 0.3 is 6.09 Å². The second-order valence-corrected chi connectivity index (χ2v) is 11.8. The molecule has 3 aromatic rings. The van der Waals surface area contributed by atoms with Gasteiger partial charge < -0.3 is 20.3 Å². The van der Waals surface area contributed by atoms with Crippen LogP contribution >= 0.6 is 12.6 Å². The molecule has 0 aromatic heterocycles. The van der Waals surface area contributed by atoms with Gasteiger partial charge in [0.2, 0.25) is 5.91 Å². The highest BCUT2D eigenvalue weighted by Gasteiger charge is 2.41. The first kappa shape index (κ1) is 30.6. The molecule has 0 saturated heterocycles. The minimum atomic E-state index is -1.05. The summed E-state index contributed by atoms with van der Waals surface area (Å²) in [5.74, 6) is 1.68. The Labute approximate surface area is 242 Å².